The minimum absolute atomic E-state index is 0.132. The van der Waals surface area contributed by atoms with E-state index in [9.17, 15) is 9.59 Å². The van der Waals surface area contributed by atoms with Crippen molar-refractivity contribution in [3.8, 4) is 0 Å². The molecular weight excluding hydrogens is 272 g/mol. The van der Waals surface area contributed by atoms with E-state index in [1.807, 2.05) is 6.07 Å². The summed E-state index contributed by atoms with van der Waals surface area (Å²) in [5.74, 6) is -1.67. The van der Waals surface area contributed by atoms with Crippen molar-refractivity contribution in [1.29, 1.82) is 0 Å². The first kappa shape index (κ1) is 14.7. The van der Waals surface area contributed by atoms with Gasteiger partial charge in [0, 0.05) is 13.3 Å². The van der Waals surface area contributed by atoms with Gasteiger partial charge in [0.1, 0.15) is 0 Å². The molecule has 0 radical (unpaired) electrons. The summed E-state index contributed by atoms with van der Waals surface area (Å²) in [6.45, 7) is 0. The molecule has 1 amide bonds. The van der Waals surface area contributed by atoms with Gasteiger partial charge in [-0.3, -0.25) is 4.79 Å². The van der Waals surface area contributed by atoms with Crippen LogP contribution in [0.15, 0.2) is 48.7 Å². The number of carbonyl (C=O) groups excluding carboxylic acids is 1. The molecule has 1 atom stereocenters. The van der Waals surface area contributed by atoms with Crippen molar-refractivity contribution in [3.63, 3.8) is 0 Å². The summed E-state index contributed by atoms with van der Waals surface area (Å²) in [6.07, 6.45) is 0.525. The molecule has 108 valence electrons. The molecule has 2 rings (SSSR count). The average molecular weight is 286 g/mol. The molecule has 2 N–H and O–H groups in total. The predicted molar refractivity (Wildman–Crippen MR) is 76.0 cm³/mol. The summed E-state index contributed by atoms with van der Waals surface area (Å²) in [7, 11) is 1.42. The van der Waals surface area contributed by atoms with Crippen molar-refractivity contribution in [1.82, 2.24) is 4.98 Å². The molecule has 0 bridgehead atoms. The van der Waals surface area contributed by atoms with E-state index in [1.54, 1.807) is 30.3 Å². The van der Waals surface area contributed by atoms with Gasteiger partial charge < -0.3 is 15.2 Å². The van der Waals surface area contributed by atoms with E-state index in [-0.39, 0.29) is 11.4 Å². The standard InChI is InChI=1S/C15H14N2O4/c1-21-13(10-6-3-2-4-7-10)14(18)17-11-8-5-9-16-12(11)15(19)20/h2-9,13H,1H3,(H,17,18)(H,19,20). The van der Waals surface area contributed by atoms with Crippen LogP contribution in [0, 0.1) is 0 Å². The van der Waals surface area contributed by atoms with Crippen molar-refractivity contribution in [2.24, 2.45) is 0 Å². The lowest BCUT2D eigenvalue weighted by Crippen LogP contribution is -2.24. The van der Waals surface area contributed by atoms with Crippen LogP contribution >= 0.6 is 0 Å². The number of nitrogens with zero attached hydrogens (tertiary/aromatic N) is 1. The second kappa shape index (κ2) is 6.62. The number of hydrogen-bond acceptors (Lipinski definition) is 4. The second-order valence-electron chi connectivity index (χ2n) is 4.22. The van der Waals surface area contributed by atoms with E-state index < -0.39 is 18.0 Å². The highest BCUT2D eigenvalue weighted by Gasteiger charge is 2.22. The van der Waals surface area contributed by atoms with Crippen LogP contribution in [0.5, 0.6) is 0 Å². The molecule has 6 heteroatoms. The first-order valence-electron chi connectivity index (χ1n) is 6.20. The van der Waals surface area contributed by atoms with Gasteiger partial charge in [-0.2, -0.15) is 0 Å². The maximum atomic E-state index is 12.3. The van der Waals surface area contributed by atoms with E-state index in [2.05, 4.69) is 10.3 Å². The van der Waals surface area contributed by atoms with Gasteiger partial charge in [-0.05, 0) is 17.7 Å². The Balaban J connectivity index is 2.23. The number of hydrogen-bond donors (Lipinski definition) is 2. The van der Waals surface area contributed by atoms with Crippen molar-refractivity contribution >= 4 is 17.6 Å². The fourth-order valence-electron chi connectivity index (χ4n) is 1.90. The zero-order valence-corrected chi connectivity index (χ0v) is 11.3. The molecule has 1 heterocycles. The topological polar surface area (TPSA) is 88.5 Å². The number of aromatic carboxylic acids is 1. The minimum atomic E-state index is -1.21. The van der Waals surface area contributed by atoms with Gasteiger partial charge in [-0.1, -0.05) is 30.3 Å². The van der Waals surface area contributed by atoms with Crippen molar-refractivity contribution < 1.29 is 19.4 Å². The number of carboxylic acid groups (broad SMARTS) is 1. The Morgan fingerprint density at radius 2 is 1.90 bits per heavy atom. The minimum Gasteiger partial charge on any atom is -0.476 e. The van der Waals surface area contributed by atoms with E-state index in [4.69, 9.17) is 9.84 Å². The van der Waals surface area contributed by atoms with E-state index in [0.29, 0.717) is 5.56 Å². The third-order valence-corrected chi connectivity index (χ3v) is 2.84. The van der Waals surface area contributed by atoms with Gasteiger partial charge in [0.15, 0.2) is 11.8 Å². The SMILES string of the molecule is COC(C(=O)Nc1cccnc1C(=O)O)c1ccccc1. The lowest BCUT2D eigenvalue weighted by atomic mass is 10.1. The van der Waals surface area contributed by atoms with Crippen LogP contribution in [0.1, 0.15) is 22.2 Å². The van der Waals surface area contributed by atoms with E-state index in [0.717, 1.165) is 0 Å². The monoisotopic (exact) mass is 286 g/mol. The summed E-state index contributed by atoms with van der Waals surface area (Å²) in [5.41, 5.74) is 0.597. The molecule has 0 saturated carbocycles. The summed E-state index contributed by atoms with van der Waals surface area (Å²) in [4.78, 5) is 27.1. The number of methoxy groups -OCH3 is 1. The molecule has 0 aliphatic heterocycles. The summed E-state index contributed by atoms with van der Waals surface area (Å²) in [5, 5.41) is 11.6. The largest absolute Gasteiger partial charge is 0.476 e. The zero-order chi connectivity index (χ0) is 15.2. The first-order chi connectivity index (χ1) is 10.1. The fourth-order valence-corrected chi connectivity index (χ4v) is 1.90. The van der Waals surface area contributed by atoms with Crippen LogP contribution in [0.25, 0.3) is 0 Å². The third kappa shape index (κ3) is 3.43. The maximum absolute atomic E-state index is 12.3. The van der Waals surface area contributed by atoms with Crippen molar-refractivity contribution in [3.05, 3.63) is 59.9 Å². The Labute approximate surface area is 121 Å². The van der Waals surface area contributed by atoms with E-state index >= 15 is 0 Å². The lowest BCUT2D eigenvalue weighted by molar-refractivity contribution is -0.126. The number of amides is 1. The quantitative estimate of drug-likeness (QED) is 0.878. The molecule has 6 nitrogen and oxygen atoms in total. The highest BCUT2D eigenvalue weighted by atomic mass is 16.5. The van der Waals surface area contributed by atoms with Crippen LogP contribution in [0.3, 0.4) is 0 Å². The Kier molecular flexibility index (Phi) is 4.63. The van der Waals surface area contributed by atoms with E-state index in [1.165, 1.54) is 19.4 Å². The summed E-state index contributed by atoms with van der Waals surface area (Å²) in [6, 6.07) is 12.0. The molecule has 21 heavy (non-hydrogen) atoms. The summed E-state index contributed by atoms with van der Waals surface area (Å²) >= 11 is 0. The molecule has 0 saturated heterocycles. The number of aromatic nitrogens is 1. The number of benzene rings is 1. The van der Waals surface area contributed by atoms with Gasteiger partial charge in [0.05, 0.1) is 5.69 Å². The van der Waals surface area contributed by atoms with Crippen LogP contribution in [0.4, 0.5) is 5.69 Å². The third-order valence-electron chi connectivity index (χ3n) is 2.84. The molecule has 1 aromatic heterocycles. The molecule has 1 aromatic carbocycles. The van der Waals surface area contributed by atoms with Gasteiger partial charge in [0.25, 0.3) is 5.91 Å². The van der Waals surface area contributed by atoms with Crippen LogP contribution in [-0.4, -0.2) is 29.1 Å². The maximum Gasteiger partial charge on any atom is 0.356 e. The van der Waals surface area contributed by atoms with Crippen LogP contribution in [-0.2, 0) is 9.53 Å². The molecule has 0 aliphatic rings. The highest BCUT2D eigenvalue weighted by molar-refractivity contribution is 6.00. The molecule has 0 fully saturated rings. The average Bonchev–Trinajstić information content (AvgIpc) is 2.49. The van der Waals surface area contributed by atoms with Gasteiger partial charge in [0.2, 0.25) is 0 Å². The highest BCUT2D eigenvalue weighted by Crippen LogP contribution is 2.20. The van der Waals surface area contributed by atoms with Crippen LogP contribution in [0.2, 0.25) is 0 Å². The smallest absolute Gasteiger partial charge is 0.356 e. The number of carbonyl (C=O) groups is 2. The first-order valence-corrected chi connectivity index (χ1v) is 6.20. The number of anilines is 1. The second-order valence-corrected chi connectivity index (χ2v) is 4.22. The zero-order valence-electron chi connectivity index (χ0n) is 11.3. The van der Waals surface area contributed by atoms with Gasteiger partial charge in [-0.15, -0.1) is 0 Å². The van der Waals surface area contributed by atoms with Crippen LogP contribution < -0.4 is 5.32 Å². The Morgan fingerprint density at radius 3 is 2.52 bits per heavy atom. The fraction of sp³-hybridized carbons (Fsp3) is 0.133. The van der Waals surface area contributed by atoms with Gasteiger partial charge in [-0.25, -0.2) is 9.78 Å². The van der Waals surface area contributed by atoms with Crippen molar-refractivity contribution in [2.45, 2.75) is 6.10 Å². The summed E-state index contributed by atoms with van der Waals surface area (Å²) < 4.78 is 5.19. The Hall–Kier alpha value is -2.73. The molecule has 0 spiro atoms. The Morgan fingerprint density at radius 1 is 1.19 bits per heavy atom. The number of pyridine rings is 1. The lowest BCUT2D eigenvalue weighted by Gasteiger charge is -2.16. The number of ether oxygens (including phenoxy) is 1. The number of nitrogens with one attached hydrogen (secondary N) is 1. The Bertz CT molecular complexity index is 643. The number of carboxylic acids is 1. The molecule has 1 unspecified atom stereocenters. The predicted octanol–water partition coefficient (Wildman–Crippen LogP) is 2.11. The normalized spacial score (nSPS) is 11.7. The van der Waals surface area contributed by atoms with Crippen molar-refractivity contribution in [2.75, 3.05) is 12.4 Å². The molecule has 2 aromatic rings. The molecular formula is C15H14N2O4. The molecule has 0 aliphatic carbocycles. The number of rotatable bonds is 5. The van der Waals surface area contributed by atoms with Gasteiger partial charge >= 0.3 is 5.97 Å².